The Bertz CT molecular complexity index is 1420. The molecular formula is C50H82NO9P. The number of carbonyl (C=O) groups is 2. The smallest absolute Gasteiger partial charge is 0.306 e. The average molecular weight is 872 g/mol. The second-order valence-corrected chi connectivity index (χ2v) is 17.3. The van der Waals surface area contributed by atoms with Crippen LogP contribution >= 0.6 is 7.82 Å². The number of allylic oxidation sites excluding steroid dienone is 17. The molecule has 1 N–H and O–H groups in total. The van der Waals surface area contributed by atoms with Gasteiger partial charge in [0.2, 0.25) is 0 Å². The van der Waals surface area contributed by atoms with Crippen LogP contribution in [0.3, 0.4) is 0 Å². The molecule has 346 valence electrons. The molecule has 0 spiro atoms. The van der Waals surface area contributed by atoms with Gasteiger partial charge in [-0.2, -0.15) is 0 Å². The fraction of sp³-hybridized carbons (Fsp3) is 0.600. The van der Waals surface area contributed by atoms with Crippen molar-refractivity contribution in [2.24, 2.45) is 0 Å². The van der Waals surface area contributed by atoms with Gasteiger partial charge in [0.25, 0.3) is 7.82 Å². The maximum absolute atomic E-state index is 12.7. The second-order valence-electron chi connectivity index (χ2n) is 15.9. The molecule has 0 aromatic rings. The third-order valence-corrected chi connectivity index (χ3v) is 9.85. The van der Waals surface area contributed by atoms with Crippen LogP contribution in [0, 0.1) is 0 Å². The number of phosphoric ester groups is 1. The molecule has 0 rings (SSSR count). The zero-order chi connectivity index (χ0) is 45.1. The molecule has 0 radical (unpaired) electrons. The summed E-state index contributed by atoms with van der Waals surface area (Å²) < 4.78 is 33.7. The van der Waals surface area contributed by atoms with Crippen molar-refractivity contribution in [3.8, 4) is 0 Å². The van der Waals surface area contributed by atoms with Gasteiger partial charge in [-0.15, -0.1) is 0 Å². The molecule has 0 saturated carbocycles. The lowest BCUT2D eigenvalue weighted by molar-refractivity contribution is -0.870. The molecule has 0 amide bonds. The third-order valence-electron chi connectivity index (χ3n) is 8.88. The van der Waals surface area contributed by atoms with Crippen LogP contribution in [0.4, 0.5) is 0 Å². The Balaban J connectivity index is 4.62. The molecular weight excluding hydrogens is 790 g/mol. The van der Waals surface area contributed by atoms with Crippen LogP contribution < -0.4 is 4.89 Å². The van der Waals surface area contributed by atoms with Crippen LogP contribution in [0.25, 0.3) is 0 Å². The van der Waals surface area contributed by atoms with Crippen molar-refractivity contribution in [2.75, 3.05) is 47.5 Å². The van der Waals surface area contributed by atoms with E-state index in [1.807, 2.05) is 69.8 Å². The Morgan fingerprint density at radius 2 is 1.11 bits per heavy atom. The van der Waals surface area contributed by atoms with Gasteiger partial charge in [-0.05, 0) is 77.0 Å². The monoisotopic (exact) mass is 872 g/mol. The molecule has 0 fully saturated rings. The number of rotatable bonds is 39. The van der Waals surface area contributed by atoms with E-state index in [-0.39, 0.29) is 32.2 Å². The second kappa shape index (κ2) is 40.7. The zero-order valence-electron chi connectivity index (χ0n) is 38.4. The van der Waals surface area contributed by atoms with Crippen molar-refractivity contribution in [1.82, 2.24) is 0 Å². The Morgan fingerprint density at radius 1 is 0.607 bits per heavy atom. The van der Waals surface area contributed by atoms with Crippen molar-refractivity contribution in [1.29, 1.82) is 0 Å². The van der Waals surface area contributed by atoms with E-state index in [9.17, 15) is 24.2 Å². The molecule has 3 atom stereocenters. The van der Waals surface area contributed by atoms with Gasteiger partial charge in [-0.25, -0.2) is 0 Å². The highest BCUT2D eigenvalue weighted by Crippen LogP contribution is 2.38. The molecule has 0 aliphatic carbocycles. The van der Waals surface area contributed by atoms with E-state index in [2.05, 4.69) is 74.6 Å². The summed E-state index contributed by atoms with van der Waals surface area (Å²) in [6.07, 6.45) is 51.8. The summed E-state index contributed by atoms with van der Waals surface area (Å²) >= 11 is 0. The number of phosphoric acid groups is 1. The SMILES string of the molecule is CCCCC/C=C\C/C=C\C/C=C\C/C=C\C/C=C\CCC(=O)OC[C@H](COP(=O)([O-])OCC[N+](C)(C)C)OC(=O)CCC/C=C\C/C=C\C/C=C\C=C\[C@@H](O)CCCCC. The van der Waals surface area contributed by atoms with E-state index in [0.717, 1.165) is 64.2 Å². The van der Waals surface area contributed by atoms with Crippen LogP contribution in [0.1, 0.15) is 136 Å². The summed E-state index contributed by atoms with van der Waals surface area (Å²) in [6, 6.07) is 0. The van der Waals surface area contributed by atoms with E-state index < -0.39 is 32.5 Å². The number of quaternary nitrogens is 1. The first-order chi connectivity index (χ1) is 29.4. The van der Waals surface area contributed by atoms with Crippen molar-refractivity contribution in [3.05, 3.63) is 109 Å². The number of likely N-dealkylation sites (N-methyl/N-ethyl adjacent to an activating group) is 1. The van der Waals surface area contributed by atoms with E-state index in [4.69, 9.17) is 18.5 Å². The van der Waals surface area contributed by atoms with Crippen molar-refractivity contribution < 1.29 is 47.2 Å². The number of aliphatic hydroxyl groups is 1. The van der Waals surface area contributed by atoms with Gasteiger partial charge in [0.05, 0.1) is 33.9 Å². The van der Waals surface area contributed by atoms with E-state index in [0.29, 0.717) is 30.3 Å². The normalized spacial score (nSPS) is 15.1. The van der Waals surface area contributed by atoms with Gasteiger partial charge in [-0.1, -0.05) is 155 Å². The van der Waals surface area contributed by atoms with Crippen LogP contribution in [0.2, 0.25) is 0 Å². The highest BCUT2D eigenvalue weighted by Gasteiger charge is 2.21. The Kier molecular flexibility index (Phi) is 38.4. The average Bonchev–Trinajstić information content (AvgIpc) is 3.21. The summed E-state index contributed by atoms with van der Waals surface area (Å²) in [5.74, 6) is -1.04. The van der Waals surface area contributed by atoms with E-state index in [1.54, 1.807) is 0 Å². The third kappa shape index (κ3) is 44.5. The topological polar surface area (TPSA) is 131 Å². The van der Waals surface area contributed by atoms with Gasteiger partial charge in [0.15, 0.2) is 6.10 Å². The number of carbonyl (C=O) groups excluding carboxylic acids is 2. The van der Waals surface area contributed by atoms with Gasteiger partial charge in [0, 0.05) is 12.8 Å². The number of hydrogen-bond donors (Lipinski definition) is 1. The molecule has 0 heterocycles. The highest BCUT2D eigenvalue weighted by atomic mass is 31.2. The quantitative estimate of drug-likeness (QED) is 0.0160. The number of ether oxygens (including phenoxy) is 2. The lowest BCUT2D eigenvalue weighted by Crippen LogP contribution is -2.37. The molecule has 1 unspecified atom stereocenters. The predicted molar refractivity (Wildman–Crippen MR) is 251 cm³/mol. The fourth-order valence-corrected chi connectivity index (χ4v) is 6.00. The molecule has 0 aliphatic heterocycles. The predicted octanol–water partition coefficient (Wildman–Crippen LogP) is 11.5. The molecule has 0 bridgehead atoms. The minimum atomic E-state index is -4.68. The lowest BCUT2D eigenvalue weighted by Gasteiger charge is -2.28. The minimum Gasteiger partial charge on any atom is -0.756 e. The lowest BCUT2D eigenvalue weighted by atomic mass is 10.1. The Hall–Kier alpha value is -3.37. The summed E-state index contributed by atoms with van der Waals surface area (Å²) in [7, 11) is 1.04. The Morgan fingerprint density at radius 3 is 1.67 bits per heavy atom. The highest BCUT2D eigenvalue weighted by molar-refractivity contribution is 7.45. The molecule has 11 heteroatoms. The number of aliphatic hydroxyl groups excluding tert-OH is 1. The van der Waals surface area contributed by atoms with Crippen LogP contribution in [0.15, 0.2) is 109 Å². The largest absolute Gasteiger partial charge is 0.756 e. The van der Waals surface area contributed by atoms with E-state index in [1.165, 1.54) is 25.7 Å². The molecule has 0 aromatic carbocycles. The summed E-state index contributed by atoms with van der Waals surface area (Å²) in [5, 5.41) is 9.91. The molecule has 10 nitrogen and oxygen atoms in total. The van der Waals surface area contributed by atoms with Gasteiger partial charge in [0.1, 0.15) is 19.8 Å². The van der Waals surface area contributed by atoms with Crippen molar-refractivity contribution in [3.63, 3.8) is 0 Å². The molecule has 0 aromatic heterocycles. The summed E-state index contributed by atoms with van der Waals surface area (Å²) in [5.41, 5.74) is 0. The maximum Gasteiger partial charge on any atom is 0.306 e. The first-order valence-corrected chi connectivity index (χ1v) is 24.2. The number of unbranched alkanes of at least 4 members (excludes halogenated alkanes) is 6. The fourth-order valence-electron chi connectivity index (χ4n) is 5.27. The zero-order valence-corrected chi connectivity index (χ0v) is 39.3. The maximum atomic E-state index is 12.7. The van der Waals surface area contributed by atoms with Gasteiger partial charge >= 0.3 is 11.9 Å². The summed E-state index contributed by atoms with van der Waals surface area (Å²) in [6.45, 7) is 3.87. The van der Waals surface area contributed by atoms with Crippen LogP contribution in [0.5, 0.6) is 0 Å². The first-order valence-electron chi connectivity index (χ1n) is 22.7. The standard InChI is InChI=1S/C50H82NO9P/c1-6-8-10-11-12-13-14-15-16-17-18-19-20-21-24-27-30-33-37-41-49(53)57-45-48(46-59-61(55,56)58-44-43-51(3,4)5)60-50(54)42-38-34-31-28-25-22-23-26-29-32-36-40-47(52)39-35-9-7-2/h12-13,15-16,18-19,21-24,28-33,36,40,47-48,52H,6-11,14,17,20,25-27,34-35,37-39,41-46H2,1-5H3/b13-12-,16-15-,19-18-,23-22-,24-21-,31-28-,32-29-,33-30-,40-36+/t47-,48+/m0/s1. The number of nitrogens with zero attached hydrogens (tertiary/aromatic N) is 1. The van der Waals surface area contributed by atoms with Gasteiger partial charge in [-0.3, -0.25) is 14.2 Å². The van der Waals surface area contributed by atoms with Crippen molar-refractivity contribution in [2.45, 2.75) is 148 Å². The molecule has 0 aliphatic rings. The van der Waals surface area contributed by atoms with Crippen LogP contribution in [-0.4, -0.2) is 81.2 Å². The first kappa shape index (κ1) is 57.6. The number of hydrogen-bond acceptors (Lipinski definition) is 9. The minimum absolute atomic E-state index is 0.0668. The number of esters is 2. The summed E-state index contributed by atoms with van der Waals surface area (Å²) in [4.78, 5) is 37.5. The molecule has 61 heavy (non-hydrogen) atoms. The molecule has 0 saturated heterocycles. The van der Waals surface area contributed by atoms with Crippen LogP contribution in [-0.2, 0) is 32.7 Å². The van der Waals surface area contributed by atoms with E-state index >= 15 is 0 Å². The van der Waals surface area contributed by atoms with Gasteiger partial charge < -0.3 is 33.0 Å². The Labute approximate surface area is 370 Å². The van der Waals surface area contributed by atoms with Crippen molar-refractivity contribution >= 4 is 19.8 Å².